The molecule has 2 rings (SSSR count). The van der Waals surface area contributed by atoms with Crippen LogP contribution in [0.3, 0.4) is 0 Å². The Balaban J connectivity index is 2.31. The largest absolute Gasteiger partial charge is 0.417 e. The molecule has 0 aromatic heterocycles. The Hall–Kier alpha value is -1.74. The van der Waals surface area contributed by atoms with Gasteiger partial charge in [0.15, 0.2) is 0 Å². The Bertz CT molecular complexity index is 546. The number of likely N-dealkylation sites (N-methyl/N-ethyl adjacent to an activating group) is 1. The highest BCUT2D eigenvalue weighted by Crippen LogP contribution is 2.35. The van der Waals surface area contributed by atoms with Crippen molar-refractivity contribution in [3.05, 3.63) is 29.3 Å². The first-order valence-electron chi connectivity index (χ1n) is 6.85. The van der Waals surface area contributed by atoms with Crippen LogP contribution in [0.25, 0.3) is 0 Å². The monoisotopic (exact) mass is 297 g/mol. The number of anilines is 1. The molecule has 0 bridgehead atoms. The molecule has 1 aromatic carbocycles. The molecule has 114 valence electrons. The molecule has 0 radical (unpaired) electrons. The quantitative estimate of drug-likeness (QED) is 0.840. The fourth-order valence-corrected chi connectivity index (χ4v) is 2.67. The summed E-state index contributed by atoms with van der Waals surface area (Å²) >= 11 is 0. The normalized spacial score (nSPS) is 19.7. The summed E-state index contributed by atoms with van der Waals surface area (Å²) in [4.78, 5) is 4.06. The van der Waals surface area contributed by atoms with Crippen molar-refractivity contribution in [2.45, 2.75) is 25.1 Å². The van der Waals surface area contributed by atoms with E-state index in [1.165, 1.54) is 6.07 Å². The highest BCUT2D eigenvalue weighted by molar-refractivity contribution is 5.55. The standard InChI is InChI=1S/C15H18F3N3/c1-20(2)13-4-3-7-21(10-13)12-6-5-11(9-19)14(8-12)15(16,17)18/h5-6,8,13H,3-4,7,10H2,1-2H3/t13-/m1/s1. The second-order valence-electron chi connectivity index (χ2n) is 5.55. The molecule has 0 saturated carbocycles. The van der Waals surface area contributed by atoms with E-state index < -0.39 is 11.7 Å². The van der Waals surface area contributed by atoms with E-state index >= 15 is 0 Å². The summed E-state index contributed by atoms with van der Waals surface area (Å²) in [6.07, 6.45) is -2.51. The molecule has 0 N–H and O–H groups in total. The van der Waals surface area contributed by atoms with Gasteiger partial charge in [-0.1, -0.05) is 0 Å². The van der Waals surface area contributed by atoms with Crippen molar-refractivity contribution >= 4 is 5.69 Å². The van der Waals surface area contributed by atoms with Crippen molar-refractivity contribution in [1.29, 1.82) is 5.26 Å². The van der Waals surface area contributed by atoms with Crippen LogP contribution in [0.4, 0.5) is 18.9 Å². The average Bonchev–Trinajstić information content (AvgIpc) is 2.45. The Morgan fingerprint density at radius 2 is 2.05 bits per heavy atom. The van der Waals surface area contributed by atoms with Gasteiger partial charge < -0.3 is 9.80 Å². The zero-order valence-electron chi connectivity index (χ0n) is 12.1. The van der Waals surface area contributed by atoms with Gasteiger partial charge in [0.05, 0.1) is 17.2 Å². The summed E-state index contributed by atoms with van der Waals surface area (Å²) in [5.74, 6) is 0. The molecule has 0 aliphatic carbocycles. The molecule has 3 nitrogen and oxygen atoms in total. The maximum atomic E-state index is 13.0. The van der Waals surface area contributed by atoms with E-state index in [0.717, 1.165) is 25.5 Å². The van der Waals surface area contributed by atoms with Crippen LogP contribution in [0.1, 0.15) is 24.0 Å². The first-order chi connectivity index (χ1) is 9.82. The van der Waals surface area contributed by atoms with Crippen molar-refractivity contribution < 1.29 is 13.2 Å². The fraction of sp³-hybridized carbons (Fsp3) is 0.533. The lowest BCUT2D eigenvalue weighted by Gasteiger charge is -2.37. The van der Waals surface area contributed by atoms with E-state index in [1.807, 2.05) is 19.0 Å². The lowest BCUT2D eigenvalue weighted by Crippen LogP contribution is -2.45. The zero-order valence-corrected chi connectivity index (χ0v) is 12.1. The summed E-state index contributed by atoms with van der Waals surface area (Å²) in [7, 11) is 3.96. The first-order valence-corrected chi connectivity index (χ1v) is 6.85. The third kappa shape index (κ3) is 3.48. The smallest absolute Gasteiger partial charge is 0.370 e. The minimum atomic E-state index is -4.50. The van der Waals surface area contributed by atoms with Crippen LogP contribution >= 0.6 is 0 Å². The summed E-state index contributed by atoms with van der Waals surface area (Å²) in [6, 6.07) is 5.91. The van der Waals surface area contributed by atoms with Gasteiger partial charge in [-0.25, -0.2) is 0 Å². The van der Waals surface area contributed by atoms with Gasteiger partial charge in [-0.05, 0) is 45.1 Å². The minimum absolute atomic E-state index is 0.326. The highest BCUT2D eigenvalue weighted by Gasteiger charge is 2.34. The third-order valence-corrected chi connectivity index (χ3v) is 3.92. The molecule has 1 atom stereocenters. The number of halogens is 3. The lowest BCUT2D eigenvalue weighted by atomic mass is 10.0. The molecule has 1 aliphatic heterocycles. The molecule has 0 spiro atoms. The summed E-state index contributed by atoms with van der Waals surface area (Å²) in [5, 5.41) is 8.83. The predicted molar refractivity (Wildman–Crippen MR) is 75.1 cm³/mol. The van der Waals surface area contributed by atoms with Crippen LogP contribution in [0.15, 0.2) is 18.2 Å². The number of hydrogen-bond donors (Lipinski definition) is 0. The van der Waals surface area contributed by atoms with Gasteiger partial charge >= 0.3 is 6.18 Å². The van der Waals surface area contributed by atoms with Crippen LogP contribution in [0.2, 0.25) is 0 Å². The molecule has 1 fully saturated rings. The Kier molecular flexibility index (Phi) is 4.43. The number of alkyl halides is 3. The molecular weight excluding hydrogens is 279 g/mol. The van der Waals surface area contributed by atoms with Gasteiger partial charge in [-0.2, -0.15) is 18.4 Å². The van der Waals surface area contributed by atoms with Crippen LogP contribution in [0, 0.1) is 11.3 Å². The van der Waals surface area contributed by atoms with E-state index in [-0.39, 0.29) is 5.56 Å². The summed E-state index contributed by atoms with van der Waals surface area (Å²) in [6.45, 7) is 1.45. The molecular formula is C15H18F3N3. The SMILES string of the molecule is CN(C)[C@@H]1CCCN(c2ccc(C#N)c(C(F)(F)F)c2)C1. The third-order valence-electron chi connectivity index (χ3n) is 3.92. The van der Waals surface area contributed by atoms with E-state index in [0.29, 0.717) is 18.3 Å². The first kappa shape index (κ1) is 15.6. The Morgan fingerprint density at radius 1 is 1.33 bits per heavy atom. The van der Waals surface area contributed by atoms with Gasteiger partial charge in [0, 0.05) is 24.8 Å². The highest BCUT2D eigenvalue weighted by atomic mass is 19.4. The van der Waals surface area contributed by atoms with Gasteiger partial charge in [-0.15, -0.1) is 0 Å². The summed E-state index contributed by atoms with van der Waals surface area (Å²) < 4.78 is 39.0. The molecule has 0 unspecified atom stereocenters. The maximum Gasteiger partial charge on any atom is 0.417 e. The number of hydrogen-bond acceptors (Lipinski definition) is 3. The molecule has 1 aromatic rings. The summed E-state index contributed by atoms with van der Waals surface area (Å²) in [5.41, 5.74) is -0.644. The molecule has 0 amide bonds. The topological polar surface area (TPSA) is 30.3 Å². The zero-order chi connectivity index (χ0) is 15.6. The van der Waals surface area contributed by atoms with Gasteiger partial charge in [0.25, 0.3) is 0 Å². The maximum absolute atomic E-state index is 13.0. The number of piperidine rings is 1. The van der Waals surface area contributed by atoms with Gasteiger partial charge in [0.1, 0.15) is 0 Å². The van der Waals surface area contributed by atoms with Crippen molar-refractivity contribution in [1.82, 2.24) is 4.90 Å². The predicted octanol–water partition coefficient (Wildman–Crippen LogP) is 3.11. The second-order valence-corrected chi connectivity index (χ2v) is 5.55. The van der Waals surface area contributed by atoms with Gasteiger partial charge in [0.2, 0.25) is 0 Å². The minimum Gasteiger partial charge on any atom is -0.370 e. The van der Waals surface area contributed by atoms with Crippen molar-refractivity contribution in [2.75, 3.05) is 32.1 Å². The second kappa shape index (κ2) is 5.94. The van der Waals surface area contributed by atoms with Crippen molar-refractivity contribution in [3.63, 3.8) is 0 Å². The number of rotatable bonds is 2. The van der Waals surface area contributed by atoms with E-state index in [4.69, 9.17) is 5.26 Å². The van der Waals surface area contributed by atoms with E-state index in [2.05, 4.69) is 4.90 Å². The van der Waals surface area contributed by atoms with Crippen molar-refractivity contribution in [3.8, 4) is 6.07 Å². The molecule has 1 heterocycles. The van der Waals surface area contributed by atoms with Crippen LogP contribution in [-0.2, 0) is 6.18 Å². The van der Waals surface area contributed by atoms with Crippen LogP contribution in [-0.4, -0.2) is 38.1 Å². The number of nitriles is 1. The van der Waals surface area contributed by atoms with Crippen LogP contribution < -0.4 is 4.90 Å². The van der Waals surface area contributed by atoms with E-state index in [9.17, 15) is 13.2 Å². The Morgan fingerprint density at radius 3 is 2.62 bits per heavy atom. The molecule has 1 saturated heterocycles. The van der Waals surface area contributed by atoms with E-state index in [1.54, 1.807) is 12.1 Å². The average molecular weight is 297 g/mol. The molecule has 6 heteroatoms. The number of benzene rings is 1. The number of nitrogens with zero attached hydrogens (tertiary/aromatic N) is 3. The van der Waals surface area contributed by atoms with Crippen LogP contribution in [0.5, 0.6) is 0 Å². The fourth-order valence-electron chi connectivity index (χ4n) is 2.67. The molecule has 21 heavy (non-hydrogen) atoms. The van der Waals surface area contributed by atoms with Gasteiger partial charge in [-0.3, -0.25) is 0 Å². The Labute approximate surface area is 122 Å². The lowest BCUT2D eigenvalue weighted by molar-refractivity contribution is -0.137. The molecule has 1 aliphatic rings. The van der Waals surface area contributed by atoms with Crippen molar-refractivity contribution in [2.24, 2.45) is 0 Å².